The quantitative estimate of drug-likeness (QED) is 0.240. The number of rotatable bonds is 12. The van der Waals surface area contributed by atoms with Crippen LogP contribution in [0.5, 0.6) is 0 Å². The van der Waals surface area contributed by atoms with Crippen LogP contribution in [0.4, 0.5) is 26.3 Å². The van der Waals surface area contributed by atoms with E-state index >= 15 is 0 Å². The lowest BCUT2D eigenvalue weighted by Gasteiger charge is -2.32. The van der Waals surface area contributed by atoms with Crippen molar-refractivity contribution in [2.75, 3.05) is 13.1 Å². The van der Waals surface area contributed by atoms with E-state index in [1.54, 1.807) is 12.1 Å². The van der Waals surface area contributed by atoms with E-state index in [1.165, 1.54) is 24.6 Å². The minimum Gasteiger partial charge on any atom is -0.300 e. The molecule has 2 aliphatic carbocycles. The number of aryl methyl sites for hydroxylation is 1. The summed E-state index contributed by atoms with van der Waals surface area (Å²) in [7, 11) is 0. The molecule has 0 amide bonds. The predicted molar refractivity (Wildman–Crippen MR) is 146 cm³/mol. The summed E-state index contributed by atoms with van der Waals surface area (Å²) in [6.45, 7) is 7.51. The highest BCUT2D eigenvalue weighted by molar-refractivity contribution is 5.50. The van der Waals surface area contributed by atoms with Crippen LogP contribution in [0, 0.1) is 11.3 Å². The second-order valence-corrected chi connectivity index (χ2v) is 11.1. The summed E-state index contributed by atoms with van der Waals surface area (Å²) in [5.74, 6) is 0. The van der Waals surface area contributed by atoms with Gasteiger partial charge in [-0.2, -0.15) is 31.6 Å². The standard InChI is InChI=1S/C30H37F6N.C2H3N/c1-3-19-37(20-14-22-8-6-5-7-9-22)24(4-2)12-10-23-11-13-25(27(15-16-27)29(31,32)33)26(21-23)28(17-18-28)30(34,35)36;1-2-3/h5-9,11,13,21,24H,3-4,10,12,14-20H2,1-2H3;1H3. The summed E-state index contributed by atoms with van der Waals surface area (Å²) in [6, 6.07) is 16.7. The van der Waals surface area contributed by atoms with E-state index in [9.17, 15) is 26.3 Å². The van der Waals surface area contributed by atoms with E-state index in [-0.39, 0.29) is 42.9 Å². The second-order valence-electron chi connectivity index (χ2n) is 11.1. The van der Waals surface area contributed by atoms with Crippen molar-refractivity contribution >= 4 is 0 Å². The van der Waals surface area contributed by atoms with E-state index in [0.717, 1.165) is 38.8 Å². The lowest BCUT2D eigenvalue weighted by Crippen LogP contribution is -2.37. The average Bonchev–Trinajstić information content (AvgIpc) is 3.81. The van der Waals surface area contributed by atoms with Crippen molar-refractivity contribution in [1.29, 1.82) is 5.26 Å². The Morgan fingerprint density at radius 1 is 0.800 bits per heavy atom. The Labute approximate surface area is 234 Å². The van der Waals surface area contributed by atoms with Gasteiger partial charge < -0.3 is 4.90 Å². The molecule has 2 aromatic carbocycles. The van der Waals surface area contributed by atoms with Gasteiger partial charge >= 0.3 is 12.4 Å². The first-order valence-electron chi connectivity index (χ1n) is 14.2. The summed E-state index contributed by atoms with van der Waals surface area (Å²) in [4.78, 5) is 2.45. The minimum atomic E-state index is -4.55. The van der Waals surface area contributed by atoms with Gasteiger partial charge in [0.1, 0.15) is 0 Å². The zero-order valence-corrected chi connectivity index (χ0v) is 23.6. The molecule has 8 heteroatoms. The third-order valence-electron chi connectivity index (χ3n) is 8.50. The van der Waals surface area contributed by atoms with Gasteiger partial charge in [0.05, 0.1) is 16.9 Å². The number of hydrogen-bond donors (Lipinski definition) is 0. The molecule has 2 fully saturated rings. The monoisotopic (exact) mass is 566 g/mol. The molecule has 0 N–H and O–H groups in total. The molecule has 2 aliphatic rings. The molecule has 220 valence electrons. The molecule has 2 saturated carbocycles. The first-order chi connectivity index (χ1) is 18.9. The summed E-state index contributed by atoms with van der Waals surface area (Å²) in [5, 5.41) is 7.32. The topological polar surface area (TPSA) is 27.0 Å². The van der Waals surface area contributed by atoms with Crippen molar-refractivity contribution < 1.29 is 26.3 Å². The highest BCUT2D eigenvalue weighted by Crippen LogP contribution is 2.66. The molecular formula is C32H40F6N2. The summed E-state index contributed by atoms with van der Waals surface area (Å²) in [5.41, 5.74) is -2.57. The highest BCUT2D eigenvalue weighted by atomic mass is 19.4. The maximum atomic E-state index is 14.1. The lowest BCUT2D eigenvalue weighted by atomic mass is 9.81. The molecule has 0 saturated heterocycles. The Morgan fingerprint density at radius 3 is 1.82 bits per heavy atom. The van der Waals surface area contributed by atoms with Crippen LogP contribution >= 0.6 is 0 Å². The maximum Gasteiger partial charge on any atom is 0.398 e. The number of hydrogen-bond acceptors (Lipinski definition) is 2. The SMILES string of the molecule is CC#N.CCCN(CCc1ccccc1)C(CC)CCc1ccc(C2(C(F)(F)F)CC2)c(C2(C(F)(F)F)CC2)c1. The van der Waals surface area contributed by atoms with Crippen molar-refractivity contribution in [1.82, 2.24) is 4.90 Å². The number of benzene rings is 2. The van der Waals surface area contributed by atoms with Gasteiger partial charge in [0.2, 0.25) is 0 Å². The average molecular weight is 567 g/mol. The third-order valence-corrected chi connectivity index (χ3v) is 8.50. The second kappa shape index (κ2) is 13.0. The maximum absolute atomic E-state index is 14.1. The zero-order valence-electron chi connectivity index (χ0n) is 23.6. The molecule has 0 bridgehead atoms. The van der Waals surface area contributed by atoms with Crippen LogP contribution in [-0.2, 0) is 23.7 Å². The van der Waals surface area contributed by atoms with Gasteiger partial charge in [0.25, 0.3) is 0 Å². The number of nitriles is 1. The van der Waals surface area contributed by atoms with Gasteiger partial charge in [-0.25, -0.2) is 0 Å². The molecule has 1 unspecified atom stereocenters. The number of nitrogens with zero attached hydrogens (tertiary/aromatic N) is 2. The van der Waals surface area contributed by atoms with Gasteiger partial charge in [-0.1, -0.05) is 62.4 Å². The fourth-order valence-corrected chi connectivity index (χ4v) is 5.88. The molecule has 0 spiro atoms. The van der Waals surface area contributed by atoms with E-state index in [1.807, 2.05) is 18.2 Å². The molecule has 40 heavy (non-hydrogen) atoms. The van der Waals surface area contributed by atoms with Crippen LogP contribution in [0.1, 0.15) is 88.0 Å². The zero-order chi connectivity index (χ0) is 29.6. The Balaban J connectivity index is 0.00000141. The third kappa shape index (κ3) is 7.02. The van der Waals surface area contributed by atoms with Gasteiger partial charge in [0.15, 0.2) is 0 Å². The molecular weight excluding hydrogens is 526 g/mol. The van der Waals surface area contributed by atoms with Crippen molar-refractivity contribution in [2.24, 2.45) is 0 Å². The van der Waals surface area contributed by atoms with E-state index < -0.39 is 23.2 Å². The fraction of sp³-hybridized carbons (Fsp3) is 0.594. The van der Waals surface area contributed by atoms with Crippen molar-refractivity contribution in [2.45, 2.75) is 108 Å². The summed E-state index contributed by atoms with van der Waals surface area (Å²) < 4.78 is 84.1. The smallest absolute Gasteiger partial charge is 0.300 e. The van der Waals surface area contributed by atoms with E-state index in [0.29, 0.717) is 12.0 Å². The first-order valence-corrected chi connectivity index (χ1v) is 14.2. The predicted octanol–water partition coefficient (Wildman–Crippen LogP) is 9.07. The van der Waals surface area contributed by atoms with Gasteiger partial charge in [0, 0.05) is 19.5 Å². The van der Waals surface area contributed by atoms with Crippen molar-refractivity contribution in [3.63, 3.8) is 0 Å². The molecule has 2 nitrogen and oxygen atoms in total. The first kappa shape index (κ1) is 32.0. The minimum absolute atomic E-state index is 0.130. The summed E-state index contributed by atoms with van der Waals surface area (Å²) >= 11 is 0. The number of halogens is 6. The van der Waals surface area contributed by atoms with Crippen molar-refractivity contribution in [3.05, 3.63) is 70.8 Å². The largest absolute Gasteiger partial charge is 0.398 e. The van der Waals surface area contributed by atoms with Crippen LogP contribution in [0.15, 0.2) is 48.5 Å². The normalized spacial score (nSPS) is 17.9. The molecule has 0 aliphatic heterocycles. The van der Waals surface area contributed by atoms with Gasteiger partial charge in [-0.05, 0) is 86.6 Å². The van der Waals surface area contributed by atoms with Crippen LogP contribution < -0.4 is 0 Å². The molecule has 0 heterocycles. The highest BCUT2D eigenvalue weighted by Gasteiger charge is 2.70. The lowest BCUT2D eigenvalue weighted by molar-refractivity contribution is -0.167. The van der Waals surface area contributed by atoms with Gasteiger partial charge in [-0.3, -0.25) is 0 Å². The van der Waals surface area contributed by atoms with Crippen molar-refractivity contribution in [3.8, 4) is 6.07 Å². The Bertz CT molecular complexity index is 1120. The van der Waals surface area contributed by atoms with Crippen LogP contribution in [0.3, 0.4) is 0 Å². The van der Waals surface area contributed by atoms with E-state index in [2.05, 4.69) is 30.9 Å². The number of alkyl halides is 6. The van der Waals surface area contributed by atoms with Gasteiger partial charge in [-0.15, -0.1) is 0 Å². The van der Waals surface area contributed by atoms with Crippen LogP contribution in [0.25, 0.3) is 0 Å². The fourth-order valence-electron chi connectivity index (χ4n) is 5.88. The Hall–Kier alpha value is -2.53. The molecule has 2 aromatic rings. The van der Waals surface area contributed by atoms with Crippen LogP contribution in [0.2, 0.25) is 0 Å². The molecule has 0 radical (unpaired) electrons. The Morgan fingerprint density at radius 2 is 1.35 bits per heavy atom. The molecule has 0 aromatic heterocycles. The van der Waals surface area contributed by atoms with E-state index in [4.69, 9.17) is 5.26 Å². The molecule has 4 rings (SSSR count). The van der Waals surface area contributed by atoms with Crippen LogP contribution in [-0.4, -0.2) is 36.4 Å². The Kier molecular flexibility index (Phi) is 10.4. The molecule has 1 atom stereocenters. The summed E-state index contributed by atoms with van der Waals surface area (Å²) in [6.07, 6.45) is -5.52.